The number of likely N-dealkylation sites (tertiary alicyclic amines) is 2. The van der Waals surface area contributed by atoms with Gasteiger partial charge in [0.25, 0.3) is 11.8 Å². The van der Waals surface area contributed by atoms with Gasteiger partial charge in [0.05, 0.1) is 18.4 Å². The maximum absolute atomic E-state index is 14.0. The van der Waals surface area contributed by atoms with Crippen LogP contribution < -0.4 is 4.74 Å². The van der Waals surface area contributed by atoms with E-state index < -0.39 is 45.2 Å². The number of phenols is 1. The first kappa shape index (κ1) is 29.6. The summed E-state index contributed by atoms with van der Waals surface area (Å²) in [6.07, 6.45) is 2.00. The molecule has 0 radical (unpaired) electrons. The second-order valence-corrected chi connectivity index (χ2v) is 13.5. The Bertz CT molecular complexity index is 1760. The van der Waals surface area contributed by atoms with Crippen LogP contribution in [0.15, 0.2) is 90.5 Å². The molecular weight excluding hydrogens is 615 g/mol. The summed E-state index contributed by atoms with van der Waals surface area (Å²) in [5, 5.41) is 11.4. The normalized spacial score (nSPS) is 30.6. The molecule has 4 aliphatic rings. The number of hydrogen-bond donors (Lipinski definition) is 1. The highest BCUT2D eigenvalue weighted by atomic mass is 35.5. The molecule has 3 aromatic rings. The molecule has 2 aliphatic heterocycles. The van der Waals surface area contributed by atoms with Gasteiger partial charge in [-0.1, -0.05) is 78.4 Å². The van der Waals surface area contributed by atoms with Crippen LogP contribution in [0, 0.1) is 17.8 Å². The molecule has 1 N–H and O–H groups in total. The highest BCUT2D eigenvalue weighted by Gasteiger charge is 2.76. The number of allylic oxidation sites excluding steroid dienone is 2. The molecule has 4 amide bonds. The fourth-order valence-electron chi connectivity index (χ4n) is 7.67. The number of fused-ring (bicyclic) bond motifs is 4. The minimum absolute atomic E-state index is 0.103. The zero-order chi connectivity index (χ0) is 31.7. The highest BCUT2D eigenvalue weighted by Crippen LogP contribution is 2.66. The smallest absolute Gasteiger partial charge is 0.253 e. The van der Waals surface area contributed by atoms with Gasteiger partial charge in [-0.2, -0.15) is 0 Å². The summed E-state index contributed by atoms with van der Waals surface area (Å²) in [5.41, 5.74) is 2.67. The summed E-state index contributed by atoms with van der Waals surface area (Å²) in [7, 11) is 1.33. The number of phenolic OH excluding ortho intramolecular Hbond substituents is 1. The molecule has 2 saturated heterocycles. The lowest BCUT2D eigenvalue weighted by Gasteiger charge is -2.50. The van der Waals surface area contributed by atoms with Crippen molar-refractivity contribution in [1.82, 2.24) is 9.80 Å². The lowest BCUT2D eigenvalue weighted by Crippen LogP contribution is -2.60. The van der Waals surface area contributed by atoms with Gasteiger partial charge in [-0.05, 0) is 36.0 Å². The van der Waals surface area contributed by atoms with E-state index in [1.807, 2.05) is 66.7 Å². The molecule has 45 heavy (non-hydrogen) atoms. The van der Waals surface area contributed by atoms with Crippen LogP contribution in [0.4, 0.5) is 0 Å². The largest absolute Gasteiger partial charge is 0.508 e. The first-order chi connectivity index (χ1) is 21.6. The van der Waals surface area contributed by atoms with Crippen LogP contribution in [0.5, 0.6) is 11.5 Å². The fourth-order valence-corrected chi connectivity index (χ4v) is 8.69. The molecule has 6 unspecified atom stereocenters. The summed E-state index contributed by atoms with van der Waals surface area (Å²) < 4.78 is 5.90. The van der Waals surface area contributed by atoms with Gasteiger partial charge < -0.3 is 9.84 Å². The Kier molecular flexibility index (Phi) is 7.06. The first-order valence-corrected chi connectivity index (χ1v) is 15.6. The number of ether oxygens (including phenoxy) is 1. The molecular formula is C35H30Cl2N2O6. The lowest BCUT2D eigenvalue weighted by molar-refractivity contribution is -0.141. The topological polar surface area (TPSA) is 104 Å². The number of imide groups is 2. The summed E-state index contributed by atoms with van der Waals surface area (Å²) in [6, 6.07) is 23.6. The SMILES string of the molecule is CN1C(=O)C2(Cl)CC3C(=CCC4C(=O)N(Cc5ccccc5)C(=O)C43)C(c3ccc(OCc4ccccc4)cc3O)C2(Cl)C1=O. The van der Waals surface area contributed by atoms with E-state index in [1.54, 1.807) is 12.1 Å². The van der Waals surface area contributed by atoms with Crippen molar-refractivity contribution in [1.29, 1.82) is 0 Å². The lowest BCUT2D eigenvalue weighted by atomic mass is 9.56. The van der Waals surface area contributed by atoms with Crippen molar-refractivity contribution in [2.75, 3.05) is 7.05 Å². The van der Waals surface area contributed by atoms with E-state index in [1.165, 1.54) is 18.0 Å². The summed E-state index contributed by atoms with van der Waals surface area (Å²) in [6.45, 7) is 0.408. The maximum atomic E-state index is 14.0. The van der Waals surface area contributed by atoms with Crippen LogP contribution in [0.2, 0.25) is 0 Å². The van der Waals surface area contributed by atoms with Gasteiger partial charge in [0.15, 0.2) is 9.75 Å². The number of carbonyl (C=O) groups is 4. The fraction of sp³-hybridized carbons (Fsp3) is 0.314. The summed E-state index contributed by atoms with van der Waals surface area (Å²) in [4.78, 5) is 53.4. The molecule has 10 heteroatoms. The summed E-state index contributed by atoms with van der Waals surface area (Å²) in [5.74, 6) is -4.90. The van der Waals surface area contributed by atoms with E-state index in [4.69, 9.17) is 27.9 Å². The average molecular weight is 646 g/mol. The van der Waals surface area contributed by atoms with Crippen LogP contribution in [-0.2, 0) is 32.3 Å². The molecule has 0 spiro atoms. The molecule has 230 valence electrons. The minimum Gasteiger partial charge on any atom is -0.508 e. The van der Waals surface area contributed by atoms with Gasteiger partial charge in [-0.25, -0.2) is 0 Å². The molecule has 2 aliphatic carbocycles. The number of rotatable bonds is 6. The molecule has 3 fully saturated rings. The second kappa shape index (κ2) is 10.7. The van der Waals surface area contributed by atoms with Crippen molar-refractivity contribution in [3.05, 3.63) is 107 Å². The van der Waals surface area contributed by atoms with Gasteiger partial charge in [0.1, 0.15) is 18.1 Å². The second-order valence-electron chi connectivity index (χ2n) is 12.2. The van der Waals surface area contributed by atoms with Crippen molar-refractivity contribution in [3.8, 4) is 11.5 Å². The molecule has 1 saturated carbocycles. The zero-order valence-corrected chi connectivity index (χ0v) is 25.9. The van der Waals surface area contributed by atoms with Gasteiger partial charge in [0.2, 0.25) is 11.8 Å². The Balaban J connectivity index is 1.28. The molecule has 3 aromatic carbocycles. The highest BCUT2D eigenvalue weighted by molar-refractivity contribution is 6.53. The maximum Gasteiger partial charge on any atom is 0.253 e. The van der Waals surface area contributed by atoms with Gasteiger partial charge >= 0.3 is 0 Å². The van der Waals surface area contributed by atoms with E-state index >= 15 is 0 Å². The molecule has 6 atom stereocenters. The van der Waals surface area contributed by atoms with E-state index in [9.17, 15) is 24.3 Å². The number of carbonyl (C=O) groups excluding carboxylic acids is 4. The standard InChI is InChI=1S/C35H30Cl2N2O6/c1-38-32(43)34(36)17-26-23(14-15-25-28(26)31(42)39(30(25)41)18-20-8-4-2-5-9-20)29(35(34,37)33(38)44)24-13-12-22(16-27(24)40)45-19-21-10-6-3-7-11-21/h2-14,16,25-26,28-29,40H,15,17-19H2,1H3. The molecule has 7 rings (SSSR count). The number of amides is 4. The van der Waals surface area contributed by atoms with Gasteiger partial charge in [0, 0.05) is 24.6 Å². The Morgan fingerprint density at radius 1 is 0.867 bits per heavy atom. The minimum atomic E-state index is -1.98. The van der Waals surface area contributed by atoms with Crippen molar-refractivity contribution < 1.29 is 29.0 Å². The van der Waals surface area contributed by atoms with Crippen LogP contribution in [0.25, 0.3) is 0 Å². The van der Waals surface area contributed by atoms with E-state index in [-0.39, 0.29) is 49.1 Å². The molecule has 8 nitrogen and oxygen atoms in total. The number of benzene rings is 3. The van der Waals surface area contributed by atoms with Gasteiger partial charge in [-0.3, -0.25) is 29.0 Å². The van der Waals surface area contributed by atoms with E-state index in [0.717, 1.165) is 16.0 Å². The first-order valence-electron chi connectivity index (χ1n) is 14.9. The monoisotopic (exact) mass is 644 g/mol. The average Bonchev–Trinajstić information content (AvgIpc) is 3.36. The van der Waals surface area contributed by atoms with Crippen molar-refractivity contribution in [2.45, 2.75) is 41.7 Å². The molecule has 0 bridgehead atoms. The van der Waals surface area contributed by atoms with E-state index in [0.29, 0.717) is 11.3 Å². The third-order valence-electron chi connectivity index (χ3n) is 9.85. The van der Waals surface area contributed by atoms with Crippen LogP contribution in [0.3, 0.4) is 0 Å². The molecule has 2 heterocycles. The Hall–Kier alpha value is -4.14. The predicted octanol–water partition coefficient (Wildman–Crippen LogP) is 5.16. The Labute approximate surface area is 270 Å². The summed E-state index contributed by atoms with van der Waals surface area (Å²) >= 11 is 14.5. The number of halogens is 2. The van der Waals surface area contributed by atoms with E-state index in [2.05, 4.69) is 0 Å². The third kappa shape index (κ3) is 4.33. The Morgan fingerprint density at radius 2 is 1.53 bits per heavy atom. The van der Waals surface area contributed by atoms with Gasteiger partial charge in [-0.15, -0.1) is 23.2 Å². The van der Waals surface area contributed by atoms with Crippen molar-refractivity contribution in [3.63, 3.8) is 0 Å². The number of aromatic hydroxyl groups is 1. The zero-order valence-electron chi connectivity index (χ0n) is 24.4. The number of hydrogen-bond acceptors (Lipinski definition) is 6. The predicted molar refractivity (Wildman–Crippen MR) is 166 cm³/mol. The van der Waals surface area contributed by atoms with Crippen molar-refractivity contribution >= 4 is 46.8 Å². The third-order valence-corrected chi connectivity index (χ3v) is 11.3. The Morgan fingerprint density at radius 3 is 2.20 bits per heavy atom. The van der Waals surface area contributed by atoms with Crippen molar-refractivity contribution in [2.24, 2.45) is 17.8 Å². The van der Waals surface area contributed by atoms with Crippen LogP contribution >= 0.6 is 23.2 Å². The quantitative estimate of drug-likeness (QED) is 0.226. The number of alkyl halides is 2. The number of nitrogens with zero attached hydrogens (tertiary/aromatic N) is 2. The molecule has 0 aromatic heterocycles. The van der Waals surface area contributed by atoms with Crippen LogP contribution in [0.1, 0.15) is 35.4 Å². The van der Waals surface area contributed by atoms with Crippen LogP contribution in [-0.4, -0.2) is 55.3 Å².